The predicted octanol–water partition coefficient (Wildman–Crippen LogP) is 4.28. The van der Waals surface area contributed by atoms with E-state index in [1.165, 1.54) is 29.7 Å². The van der Waals surface area contributed by atoms with Gasteiger partial charge in [-0.3, -0.25) is 0 Å². The molecule has 25 heavy (non-hydrogen) atoms. The minimum absolute atomic E-state index is 0.613. The molecular formula is C22H28N2O. The Morgan fingerprint density at radius 3 is 2.56 bits per heavy atom. The summed E-state index contributed by atoms with van der Waals surface area (Å²) in [5, 5.41) is 3.66. The molecular weight excluding hydrogens is 308 g/mol. The van der Waals surface area contributed by atoms with E-state index in [1.54, 1.807) is 7.11 Å². The van der Waals surface area contributed by atoms with E-state index in [1.807, 2.05) is 12.1 Å². The van der Waals surface area contributed by atoms with E-state index < -0.39 is 0 Å². The van der Waals surface area contributed by atoms with E-state index in [9.17, 15) is 0 Å². The summed E-state index contributed by atoms with van der Waals surface area (Å²) in [5.41, 5.74) is 3.90. The quantitative estimate of drug-likeness (QED) is 0.852. The fourth-order valence-corrected chi connectivity index (χ4v) is 3.31. The van der Waals surface area contributed by atoms with Gasteiger partial charge in [-0.1, -0.05) is 36.4 Å². The molecule has 1 saturated heterocycles. The highest BCUT2D eigenvalue weighted by atomic mass is 16.5. The molecule has 0 radical (unpaired) electrons. The number of ether oxygens (including phenoxy) is 1. The zero-order valence-electron chi connectivity index (χ0n) is 15.2. The number of rotatable bonds is 6. The number of nitrogens with zero attached hydrogens (tertiary/aromatic N) is 1. The Morgan fingerprint density at radius 2 is 1.88 bits per heavy atom. The number of hydrogen-bond acceptors (Lipinski definition) is 3. The third-order valence-corrected chi connectivity index (χ3v) is 4.81. The number of nitrogens with one attached hydrogen (secondary N) is 1. The first-order valence-electron chi connectivity index (χ1n) is 9.10. The lowest BCUT2D eigenvalue weighted by Gasteiger charge is -2.34. The number of anilines is 1. The molecule has 0 atom stereocenters. The number of methoxy groups -OCH3 is 1. The summed E-state index contributed by atoms with van der Waals surface area (Å²) in [5.74, 6) is 0.899. The first-order valence-corrected chi connectivity index (χ1v) is 9.10. The Labute approximate surface area is 151 Å². The molecule has 1 fully saturated rings. The zero-order valence-corrected chi connectivity index (χ0v) is 15.2. The molecule has 0 bridgehead atoms. The predicted molar refractivity (Wildman–Crippen MR) is 106 cm³/mol. The van der Waals surface area contributed by atoms with Crippen LogP contribution >= 0.6 is 0 Å². The van der Waals surface area contributed by atoms with Gasteiger partial charge in [0.15, 0.2) is 0 Å². The molecule has 132 valence electrons. The van der Waals surface area contributed by atoms with Crippen molar-refractivity contribution in [3.8, 4) is 5.75 Å². The van der Waals surface area contributed by atoms with Crippen LogP contribution in [0.4, 0.5) is 5.69 Å². The fourth-order valence-electron chi connectivity index (χ4n) is 3.31. The minimum Gasteiger partial charge on any atom is -0.497 e. The zero-order chi connectivity index (χ0) is 17.5. The van der Waals surface area contributed by atoms with E-state index in [-0.39, 0.29) is 0 Å². The van der Waals surface area contributed by atoms with E-state index in [4.69, 9.17) is 4.74 Å². The molecule has 1 aliphatic heterocycles. The van der Waals surface area contributed by atoms with Crippen molar-refractivity contribution < 1.29 is 4.74 Å². The van der Waals surface area contributed by atoms with Crippen molar-refractivity contribution in [2.75, 3.05) is 31.6 Å². The van der Waals surface area contributed by atoms with Crippen molar-refractivity contribution in [3.63, 3.8) is 0 Å². The first-order chi connectivity index (χ1) is 12.2. The van der Waals surface area contributed by atoms with Crippen LogP contribution in [0.2, 0.25) is 0 Å². The Kier molecular flexibility index (Phi) is 6.13. The monoisotopic (exact) mass is 336 g/mol. The molecule has 0 spiro atoms. The summed E-state index contributed by atoms with van der Waals surface area (Å²) in [6.45, 7) is 5.33. The maximum absolute atomic E-state index is 5.18. The molecule has 2 aromatic carbocycles. The Morgan fingerprint density at radius 1 is 1.12 bits per heavy atom. The van der Waals surface area contributed by atoms with Crippen molar-refractivity contribution >= 4 is 11.8 Å². The second kappa shape index (κ2) is 8.72. The van der Waals surface area contributed by atoms with E-state index in [0.29, 0.717) is 6.04 Å². The number of piperidine rings is 1. The van der Waals surface area contributed by atoms with Crippen LogP contribution in [0.25, 0.3) is 6.08 Å². The van der Waals surface area contributed by atoms with E-state index in [2.05, 4.69) is 65.7 Å². The van der Waals surface area contributed by atoms with Crippen LogP contribution in [0.5, 0.6) is 5.75 Å². The van der Waals surface area contributed by atoms with Crippen molar-refractivity contribution in [1.82, 2.24) is 5.32 Å². The number of aryl methyl sites for hydroxylation is 1. The molecule has 1 aliphatic rings. The van der Waals surface area contributed by atoms with Gasteiger partial charge in [0.2, 0.25) is 0 Å². The molecule has 0 aliphatic carbocycles. The Balaban J connectivity index is 1.41. The standard InChI is InChI=1S/C22H28N2O/c1-18-5-3-7-21(17-18)24-15-12-20(13-16-24)23-14-4-6-19-8-10-22(25-2)11-9-19/h3-11,17,20,23H,12-16H2,1-2H3/b6-4+. The van der Waals surface area contributed by atoms with Gasteiger partial charge < -0.3 is 15.0 Å². The molecule has 3 heteroatoms. The summed E-state index contributed by atoms with van der Waals surface area (Å²) in [6.07, 6.45) is 6.76. The molecule has 0 amide bonds. The highest BCUT2D eigenvalue weighted by molar-refractivity contribution is 5.51. The van der Waals surface area contributed by atoms with Crippen LogP contribution in [-0.4, -0.2) is 32.8 Å². The van der Waals surface area contributed by atoms with Gasteiger partial charge in [0.05, 0.1) is 7.11 Å². The fraction of sp³-hybridized carbons (Fsp3) is 0.364. The van der Waals surface area contributed by atoms with E-state index >= 15 is 0 Å². The van der Waals surface area contributed by atoms with Gasteiger partial charge in [-0.15, -0.1) is 0 Å². The second-order valence-electron chi connectivity index (χ2n) is 6.68. The average Bonchev–Trinajstić information content (AvgIpc) is 2.66. The van der Waals surface area contributed by atoms with Crippen LogP contribution in [0.3, 0.4) is 0 Å². The smallest absolute Gasteiger partial charge is 0.118 e. The van der Waals surface area contributed by atoms with Crippen LogP contribution in [-0.2, 0) is 0 Å². The SMILES string of the molecule is COc1ccc(/C=C/CNC2CCN(c3cccc(C)c3)CC2)cc1. The van der Waals surface area contributed by atoms with Crippen molar-refractivity contribution in [1.29, 1.82) is 0 Å². The van der Waals surface area contributed by atoms with Crippen LogP contribution in [0.15, 0.2) is 54.6 Å². The summed E-state index contributed by atoms with van der Waals surface area (Å²) < 4.78 is 5.18. The molecule has 3 nitrogen and oxygen atoms in total. The van der Waals surface area contributed by atoms with Gasteiger partial charge in [-0.25, -0.2) is 0 Å². The summed E-state index contributed by atoms with van der Waals surface area (Å²) in [6, 6.07) is 17.6. The Hall–Kier alpha value is -2.26. The molecule has 1 heterocycles. The molecule has 1 N–H and O–H groups in total. The first kappa shape index (κ1) is 17.6. The van der Waals surface area contributed by atoms with Gasteiger partial charge in [0.25, 0.3) is 0 Å². The van der Waals surface area contributed by atoms with Gasteiger partial charge in [-0.2, -0.15) is 0 Å². The van der Waals surface area contributed by atoms with Gasteiger partial charge >= 0.3 is 0 Å². The summed E-state index contributed by atoms with van der Waals surface area (Å²) in [4.78, 5) is 2.50. The summed E-state index contributed by atoms with van der Waals surface area (Å²) >= 11 is 0. The normalized spacial score (nSPS) is 15.7. The van der Waals surface area contributed by atoms with Crippen molar-refractivity contribution in [2.45, 2.75) is 25.8 Å². The van der Waals surface area contributed by atoms with Gasteiger partial charge in [0.1, 0.15) is 5.75 Å². The lowest BCUT2D eigenvalue weighted by atomic mass is 10.0. The molecule has 2 aromatic rings. The van der Waals surface area contributed by atoms with Gasteiger partial charge in [0, 0.05) is 31.4 Å². The van der Waals surface area contributed by atoms with E-state index in [0.717, 1.165) is 25.4 Å². The molecule has 0 saturated carbocycles. The number of benzene rings is 2. The third kappa shape index (κ3) is 5.10. The largest absolute Gasteiger partial charge is 0.497 e. The van der Waals surface area contributed by atoms with Crippen molar-refractivity contribution in [3.05, 3.63) is 65.7 Å². The maximum atomic E-state index is 5.18. The maximum Gasteiger partial charge on any atom is 0.118 e. The highest BCUT2D eigenvalue weighted by Crippen LogP contribution is 2.21. The average molecular weight is 336 g/mol. The van der Waals surface area contributed by atoms with Crippen LogP contribution in [0, 0.1) is 6.92 Å². The lowest BCUT2D eigenvalue weighted by molar-refractivity contribution is 0.415. The van der Waals surface area contributed by atoms with Crippen molar-refractivity contribution in [2.24, 2.45) is 0 Å². The molecule has 0 unspecified atom stereocenters. The number of hydrogen-bond donors (Lipinski definition) is 1. The van der Waals surface area contributed by atoms with Crippen LogP contribution < -0.4 is 15.0 Å². The molecule has 3 rings (SSSR count). The van der Waals surface area contributed by atoms with Gasteiger partial charge in [-0.05, 0) is 55.2 Å². The molecule has 0 aromatic heterocycles. The highest BCUT2D eigenvalue weighted by Gasteiger charge is 2.18. The topological polar surface area (TPSA) is 24.5 Å². The second-order valence-corrected chi connectivity index (χ2v) is 6.68. The summed E-state index contributed by atoms with van der Waals surface area (Å²) in [7, 11) is 1.69. The minimum atomic E-state index is 0.613. The Bertz CT molecular complexity index is 685. The lowest BCUT2D eigenvalue weighted by Crippen LogP contribution is -2.42. The van der Waals surface area contributed by atoms with Crippen LogP contribution in [0.1, 0.15) is 24.0 Å². The third-order valence-electron chi connectivity index (χ3n) is 4.81.